The highest BCUT2D eigenvalue weighted by Crippen LogP contribution is 2.34. The van der Waals surface area contributed by atoms with Crippen molar-refractivity contribution in [3.8, 4) is 23.0 Å². The Kier molecular flexibility index (Phi) is 14.3. The van der Waals surface area contributed by atoms with Gasteiger partial charge >= 0.3 is 23.9 Å². The summed E-state index contributed by atoms with van der Waals surface area (Å²) < 4.78 is 22.0. The van der Waals surface area contributed by atoms with Gasteiger partial charge in [0.2, 0.25) is 0 Å². The number of carbonyl (C=O) groups is 4. The summed E-state index contributed by atoms with van der Waals surface area (Å²) in [4.78, 5) is 50.5. The van der Waals surface area contributed by atoms with Crippen LogP contribution in [0, 0.1) is 29.6 Å². The fourth-order valence-electron chi connectivity index (χ4n) is 6.63. The molecule has 2 saturated carbocycles. The van der Waals surface area contributed by atoms with E-state index in [-0.39, 0.29) is 30.2 Å². The molecule has 1 unspecified atom stereocenters. The van der Waals surface area contributed by atoms with E-state index in [0.717, 1.165) is 63.2 Å². The Balaban J connectivity index is 1.14. The van der Waals surface area contributed by atoms with Crippen molar-refractivity contribution in [1.82, 2.24) is 0 Å². The summed E-state index contributed by atoms with van der Waals surface area (Å²) in [6.45, 7) is 6.00. The molecule has 2 aliphatic rings. The van der Waals surface area contributed by atoms with Crippen LogP contribution in [0.5, 0.6) is 23.0 Å². The van der Waals surface area contributed by atoms with Gasteiger partial charge in [-0.1, -0.05) is 59.3 Å². The van der Waals surface area contributed by atoms with Crippen molar-refractivity contribution in [2.45, 2.75) is 117 Å². The van der Waals surface area contributed by atoms with Crippen LogP contribution in [0.1, 0.15) is 117 Å². The molecule has 0 radical (unpaired) electrons. The number of carbonyl (C=O) groups excluding carboxylic acids is 4. The molecule has 256 valence electrons. The number of unbranched alkanes of at least 4 members (excludes halogenated alkanes) is 2. The maximum absolute atomic E-state index is 12.7. The lowest BCUT2D eigenvalue weighted by Gasteiger charge is -2.27. The highest BCUT2D eigenvalue weighted by molar-refractivity contribution is 5.82. The highest BCUT2D eigenvalue weighted by atomic mass is 16.6. The van der Waals surface area contributed by atoms with E-state index in [1.54, 1.807) is 55.5 Å². The number of hydrogen-bond acceptors (Lipinski definition) is 8. The van der Waals surface area contributed by atoms with Gasteiger partial charge < -0.3 is 18.9 Å². The van der Waals surface area contributed by atoms with Gasteiger partial charge in [-0.25, -0.2) is 0 Å². The Hall–Kier alpha value is -3.68. The normalized spacial score (nSPS) is 21.7. The van der Waals surface area contributed by atoms with E-state index >= 15 is 0 Å². The summed E-state index contributed by atoms with van der Waals surface area (Å²) in [6, 6.07) is 12.7. The van der Waals surface area contributed by atoms with Crippen molar-refractivity contribution >= 4 is 23.9 Å². The van der Waals surface area contributed by atoms with E-state index in [4.69, 9.17) is 18.9 Å². The van der Waals surface area contributed by atoms with Crippen molar-refractivity contribution in [3.63, 3.8) is 0 Å². The van der Waals surface area contributed by atoms with Gasteiger partial charge in [-0.3, -0.25) is 19.2 Å². The maximum Gasteiger partial charge on any atom is 0.314 e. The van der Waals surface area contributed by atoms with Gasteiger partial charge in [-0.05, 0) is 112 Å². The van der Waals surface area contributed by atoms with E-state index in [1.807, 2.05) is 0 Å². The van der Waals surface area contributed by atoms with Crippen LogP contribution in [-0.4, -0.2) is 23.9 Å². The number of esters is 4. The number of benzene rings is 2. The zero-order chi connectivity index (χ0) is 33.6. The summed E-state index contributed by atoms with van der Waals surface area (Å²) in [7, 11) is 0. The van der Waals surface area contributed by atoms with Crippen LogP contribution < -0.4 is 18.9 Å². The van der Waals surface area contributed by atoms with Gasteiger partial charge in [0.05, 0.1) is 24.2 Å². The summed E-state index contributed by atoms with van der Waals surface area (Å²) in [5.41, 5.74) is 0. The molecule has 0 N–H and O–H groups in total. The molecule has 0 saturated heterocycles. The van der Waals surface area contributed by atoms with Crippen LogP contribution in [-0.2, 0) is 19.2 Å². The Labute approximate surface area is 279 Å². The third-order valence-corrected chi connectivity index (χ3v) is 9.70. The molecular formula is C39H52O8. The summed E-state index contributed by atoms with van der Waals surface area (Å²) in [5.74, 6) is 0.376. The topological polar surface area (TPSA) is 105 Å². The zero-order valence-electron chi connectivity index (χ0n) is 28.4. The van der Waals surface area contributed by atoms with Crippen molar-refractivity contribution in [2.24, 2.45) is 29.6 Å². The highest BCUT2D eigenvalue weighted by Gasteiger charge is 2.29. The van der Waals surface area contributed by atoms with E-state index in [1.165, 1.54) is 38.5 Å². The van der Waals surface area contributed by atoms with E-state index in [0.29, 0.717) is 23.0 Å². The predicted octanol–water partition coefficient (Wildman–Crippen LogP) is 9.03. The van der Waals surface area contributed by atoms with Crippen LogP contribution in [0.25, 0.3) is 0 Å². The molecule has 0 aromatic heterocycles. The minimum Gasteiger partial charge on any atom is -0.427 e. The molecule has 1 atom stereocenters. The average molecular weight is 649 g/mol. The molecule has 0 bridgehead atoms. The van der Waals surface area contributed by atoms with Gasteiger partial charge in [0.25, 0.3) is 0 Å². The lowest BCUT2D eigenvalue weighted by molar-refractivity contribution is -0.144. The number of rotatable bonds is 15. The van der Waals surface area contributed by atoms with Crippen molar-refractivity contribution < 1.29 is 38.1 Å². The minimum absolute atomic E-state index is 0.0724. The van der Waals surface area contributed by atoms with Crippen LogP contribution in [0.15, 0.2) is 48.5 Å². The van der Waals surface area contributed by atoms with Gasteiger partial charge in [0.1, 0.15) is 23.0 Å². The van der Waals surface area contributed by atoms with E-state index in [2.05, 4.69) is 13.8 Å². The first kappa shape index (κ1) is 36.2. The van der Waals surface area contributed by atoms with Crippen LogP contribution in [0.3, 0.4) is 0 Å². The van der Waals surface area contributed by atoms with Crippen LogP contribution in [0.2, 0.25) is 0 Å². The third kappa shape index (κ3) is 11.8. The van der Waals surface area contributed by atoms with E-state index < -0.39 is 17.9 Å². The average Bonchev–Trinajstić information content (AvgIpc) is 3.08. The molecule has 0 amide bonds. The first-order chi connectivity index (χ1) is 22.7. The number of ether oxygens (including phenoxy) is 4. The van der Waals surface area contributed by atoms with Gasteiger partial charge in [-0.2, -0.15) is 0 Å². The quantitative estimate of drug-likeness (QED) is 0.139. The molecule has 0 heterocycles. The smallest absolute Gasteiger partial charge is 0.314 e. The molecule has 8 heteroatoms. The molecule has 2 aromatic carbocycles. The molecule has 2 aromatic rings. The Morgan fingerprint density at radius 2 is 0.936 bits per heavy atom. The largest absolute Gasteiger partial charge is 0.427 e. The standard InChI is InChI=1S/C39H52O8/c1-4-6-8-28-10-14-30(15-11-28)38(42)46-34-20-18-32(19-21-34)44-36(40)26-27(3)37(41)45-33-22-24-35(25-23-33)47-39(43)31-16-12-29(13-17-31)9-7-5-2/h18-25,27-31H,4-17,26H2,1-3H3. The second kappa shape index (κ2) is 18.6. The number of hydrogen-bond donors (Lipinski definition) is 0. The predicted molar refractivity (Wildman–Crippen MR) is 179 cm³/mol. The Morgan fingerprint density at radius 3 is 1.32 bits per heavy atom. The van der Waals surface area contributed by atoms with Crippen LogP contribution >= 0.6 is 0 Å². The second-order valence-electron chi connectivity index (χ2n) is 13.5. The molecule has 8 nitrogen and oxygen atoms in total. The lowest BCUT2D eigenvalue weighted by Crippen LogP contribution is -2.25. The summed E-state index contributed by atoms with van der Waals surface area (Å²) >= 11 is 0. The first-order valence-corrected chi connectivity index (χ1v) is 17.8. The molecule has 0 spiro atoms. The van der Waals surface area contributed by atoms with Crippen LogP contribution in [0.4, 0.5) is 0 Å². The molecule has 2 fully saturated rings. The second-order valence-corrected chi connectivity index (χ2v) is 13.5. The van der Waals surface area contributed by atoms with Crippen molar-refractivity contribution in [2.75, 3.05) is 0 Å². The lowest BCUT2D eigenvalue weighted by atomic mass is 9.80. The fraction of sp³-hybridized carbons (Fsp3) is 0.590. The maximum atomic E-state index is 12.7. The zero-order valence-corrected chi connectivity index (χ0v) is 28.4. The minimum atomic E-state index is -0.746. The third-order valence-electron chi connectivity index (χ3n) is 9.70. The first-order valence-electron chi connectivity index (χ1n) is 17.8. The van der Waals surface area contributed by atoms with Gasteiger partial charge in [0, 0.05) is 0 Å². The molecule has 0 aliphatic heterocycles. The fourth-order valence-corrected chi connectivity index (χ4v) is 6.63. The Bertz CT molecular complexity index is 1290. The molecule has 2 aliphatic carbocycles. The Morgan fingerprint density at radius 1 is 0.574 bits per heavy atom. The monoisotopic (exact) mass is 648 g/mol. The molecular weight excluding hydrogens is 596 g/mol. The van der Waals surface area contributed by atoms with Crippen molar-refractivity contribution in [1.29, 1.82) is 0 Å². The van der Waals surface area contributed by atoms with E-state index in [9.17, 15) is 19.2 Å². The molecule has 47 heavy (non-hydrogen) atoms. The molecule has 4 rings (SSSR count). The van der Waals surface area contributed by atoms with Crippen molar-refractivity contribution in [3.05, 3.63) is 48.5 Å². The summed E-state index contributed by atoms with van der Waals surface area (Å²) in [6.07, 6.45) is 15.0. The van der Waals surface area contributed by atoms with Gasteiger partial charge in [0.15, 0.2) is 0 Å². The van der Waals surface area contributed by atoms with Gasteiger partial charge in [-0.15, -0.1) is 0 Å². The SMILES string of the molecule is CCCCC1CCC(C(=O)Oc2ccc(OC(=O)CC(C)C(=O)Oc3ccc(OC(=O)C4CCC(CCCC)CC4)cc3)cc2)CC1. The summed E-state index contributed by atoms with van der Waals surface area (Å²) in [5, 5.41) is 0.